The van der Waals surface area contributed by atoms with Crippen molar-refractivity contribution in [3.05, 3.63) is 106 Å². The van der Waals surface area contributed by atoms with Crippen molar-refractivity contribution in [2.24, 2.45) is 0 Å². The highest BCUT2D eigenvalue weighted by Gasteiger charge is 2.19. The Morgan fingerprint density at radius 1 is 0.917 bits per heavy atom. The van der Waals surface area contributed by atoms with Crippen LogP contribution in [0, 0.1) is 17.0 Å². The zero-order chi connectivity index (χ0) is 25.1. The number of benzene rings is 3. The van der Waals surface area contributed by atoms with Crippen LogP contribution in [-0.4, -0.2) is 26.1 Å². The van der Waals surface area contributed by atoms with E-state index >= 15 is 0 Å². The van der Waals surface area contributed by atoms with Gasteiger partial charge in [0.15, 0.2) is 12.4 Å². The maximum absolute atomic E-state index is 12.9. The summed E-state index contributed by atoms with van der Waals surface area (Å²) in [5, 5.41) is 18.6. The van der Waals surface area contributed by atoms with Crippen molar-refractivity contribution in [2.45, 2.75) is 13.5 Å². The zero-order valence-electron chi connectivity index (χ0n) is 19.0. The number of esters is 1. The summed E-state index contributed by atoms with van der Waals surface area (Å²) in [6, 6.07) is 20.3. The second-order valence-electron chi connectivity index (χ2n) is 7.82. The molecule has 0 saturated carbocycles. The van der Waals surface area contributed by atoms with Crippen molar-refractivity contribution in [3.8, 4) is 34.2 Å². The number of rotatable bonds is 7. The van der Waals surface area contributed by atoms with Crippen molar-refractivity contribution >= 4 is 11.7 Å². The summed E-state index contributed by atoms with van der Waals surface area (Å²) in [6.45, 7) is 1.75. The number of nitro benzene ring substituents is 1. The van der Waals surface area contributed by atoms with E-state index in [9.17, 15) is 14.9 Å². The van der Waals surface area contributed by atoms with Gasteiger partial charge in [0.2, 0.25) is 11.8 Å². The number of ether oxygens (including phenoxy) is 1. The predicted octanol–water partition coefficient (Wildman–Crippen LogP) is 5.63. The van der Waals surface area contributed by atoms with Gasteiger partial charge in [0.25, 0.3) is 11.6 Å². The molecule has 3 aromatic carbocycles. The Balaban J connectivity index is 1.29. The molecule has 0 spiro atoms. The van der Waals surface area contributed by atoms with E-state index in [1.54, 1.807) is 30.5 Å². The van der Waals surface area contributed by atoms with Gasteiger partial charge in [-0.1, -0.05) is 42.0 Å². The second-order valence-corrected chi connectivity index (χ2v) is 7.82. The molecule has 2 aromatic heterocycles. The number of aromatic nitrogens is 3. The maximum atomic E-state index is 12.9. The lowest BCUT2D eigenvalue weighted by Crippen LogP contribution is -2.07. The molecule has 5 aromatic rings. The van der Waals surface area contributed by atoms with Gasteiger partial charge in [0, 0.05) is 23.3 Å². The molecule has 0 radical (unpaired) electrons. The molecule has 0 aliphatic carbocycles. The molecule has 178 valence electrons. The van der Waals surface area contributed by atoms with Gasteiger partial charge in [-0.2, -0.15) is 0 Å². The van der Waals surface area contributed by atoms with Crippen LogP contribution in [0.1, 0.15) is 21.8 Å². The van der Waals surface area contributed by atoms with Gasteiger partial charge in [-0.25, -0.2) is 9.78 Å². The first-order valence-corrected chi connectivity index (χ1v) is 10.8. The molecule has 0 unspecified atom stereocenters. The molecule has 0 aliphatic rings. The largest absolute Gasteiger partial charge is 0.452 e. The third kappa shape index (κ3) is 4.73. The first kappa shape index (κ1) is 22.7. The smallest absolute Gasteiger partial charge is 0.339 e. The molecule has 0 fully saturated rings. The minimum atomic E-state index is -0.615. The minimum Gasteiger partial charge on any atom is -0.452 e. The van der Waals surface area contributed by atoms with E-state index in [4.69, 9.17) is 13.6 Å². The van der Waals surface area contributed by atoms with Gasteiger partial charge in [0.1, 0.15) is 0 Å². The van der Waals surface area contributed by atoms with E-state index in [-0.39, 0.29) is 35.5 Å². The van der Waals surface area contributed by atoms with Crippen LogP contribution in [0.25, 0.3) is 34.2 Å². The van der Waals surface area contributed by atoms with E-state index in [1.807, 2.05) is 31.2 Å². The fourth-order valence-electron chi connectivity index (χ4n) is 3.46. The van der Waals surface area contributed by atoms with Crippen molar-refractivity contribution in [1.29, 1.82) is 0 Å². The second kappa shape index (κ2) is 9.63. The highest BCUT2D eigenvalue weighted by molar-refractivity contribution is 5.96. The van der Waals surface area contributed by atoms with Gasteiger partial charge < -0.3 is 13.6 Å². The monoisotopic (exact) mass is 482 g/mol. The number of non-ortho nitro benzene ring substituents is 1. The third-order valence-electron chi connectivity index (χ3n) is 5.34. The van der Waals surface area contributed by atoms with Crippen molar-refractivity contribution in [3.63, 3.8) is 0 Å². The van der Waals surface area contributed by atoms with E-state index in [1.165, 1.54) is 24.3 Å². The number of oxazole rings is 1. The molecule has 0 saturated heterocycles. The lowest BCUT2D eigenvalue weighted by molar-refractivity contribution is -0.384. The van der Waals surface area contributed by atoms with Crippen molar-refractivity contribution in [1.82, 2.24) is 15.2 Å². The van der Waals surface area contributed by atoms with E-state index in [0.717, 1.165) is 11.1 Å². The Hall–Kier alpha value is -5.12. The molecule has 0 aliphatic heterocycles. The quantitative estimate of drug-likeness (QED) is 0.164. The van der Waals surface area contributed by atoms with Crippen LogP contribution in [0.2, 0.25) is 0 Å². The van der Waals surface area contributed by atoms with Gasteiger partial charge in [-0.15, -0.1) is 10.2 Å². The Kier molecular flexibility index (Phi) is 6.06. The van der Waals surface area contributed by atoms with Gasteiger partial charge in [-0.3, -0.25) is 10.1 Å². The zero-order valence-corrected chi connectivity index (χ0v) is 19.0. The molecule has 0 amide bonds. The first-order valence-electron chi connectivity index (χ1n) is 10.8. The summed E-state index contributed by atoms with van der Waals surface area (Å²) in [7, 11) is 0. The van der Waals surface area contributed by atoms with Crippen molar-refractivity contribution in [2.75, 3.05) is 0 Å². The van der Waals surface area contributed by atoms with E-state index < -0.39 is 10.9 Å². The summed E-state index contributed by atoms with van der Waals surface area (Å²) >= 11 is 0. The maximum Gasteiger partial charge on any atom is 0.339 e. The number of nitro groups is 1. The topological polar surface area (TPSA) is 134 Å². The summed E-state index contributed by atoms with van der Waals surface area (Å²) in [6.07, 6.45) is 1.61. The summed E-state index contributed by atoms with van der Waals surface area (Å²) in [4.78, 5) is 27.5. The van der Waals surface area contributed by atoms with Crippen LogP contribution >= 0.6 is 0 Å². The Labute approximate surface area is 204 Å². The molecular weight excluding hydrogens is 464 g/mol. The van der Waals surface area contributed by atoms with Crippen LogP contribution in [0.3, 0.4) is 0 Å². The standard InChI is InChI=1S/C26H18N4O6/c1-16-6-8-17(9-7-16)22-14-27-25(35-22)20-4-2-3-5-21(20)26(31)34-15-23-28-29-24(36-23)18-10-12-19(13-11-18)30(32)33/h2-14H,15H2,1H3. The van der Waals surface area contributed by atoms with Crippen molar-refractivity contribution < 1.29 is 23.3 Å². The van der Waals surface area contributed by atoms with E-state index in [2.05, 4.69) is 15.2 Å². The fourth-order valence-corrected chi connectivity index (χ4v) is 3.46. The SMILES string of the molecule is Cc1ccc(-c2cnc(-c3ccccc3C(=O)OCc3nnc(-c4ccc([N+](=O)[O-])cc4)o3)o2)cc1. The number of carbonyl (C=O) groups is 1. The Bertz CT molecular complexity index is 1540. The normalized spacial score (nSPS) is 10.8. The average molecular weight is 482 g/mol. The number of nitrogens with zero attached hydrogens (tertiary/aromatic N) is 4. The number of carbonyl (C=O) groups excluding carboxylic acids is 1. The Morgan fingerprint density at radius 3 is 2.39 bits per heavy atom. The summed E-state index contributed by atoms with van der Waals surface area (Å²) < 4.78 is 16.8. The highest BCUT2D eigenvalue weighted by Crippen LogP contribution is 2.29. The third-order valence-corrected chi connectivity index (χ3v) is 5.34. The molecule has 0 atom stereocenters. The molecule has 5 rings (SSSR count). The van der Waals surface area contributed by atoms with Crippen LogP contribution in [0.4, 0.5) is 5.69 Å². The van der Waals surface area contributed by atoms with Crippen LogP contribution in [-0.2, 0) is 11.3 Å². The van der Waals surface area contributed by atoms with Crippen LogP contribution in [0.5, 0.6) is 0 Å². The molecule has 0 N–H and O–H groups in total. The predicted molar refractivity (Wildman–Crippen MR) is 128 cm³/mol. The molecule has 10 nitrogen and oxygen atoms in total. The molecular formula is C26H18N4O6. The van der Waals surface area contributed by atoms with E-state index in [0.29, 0.717) is 16.9 Å². The van der Waals surface area contributed by atoms with Gasteiger partial charge in [-0.05, 0) is 31.2 Å². The highest BCUT2D eigenvalue weighted by atomic mass is 16.6. The fraction of sp³-hybridized carbons (Fsp3) is 0.0769. The number of hydrogen-bond acceptors (Lipinski definition) is 9. The van der Waals surface area contributed by atoms with Crippen LogP contribution in [0.15, 0.2) is 87.8 Å². The molecule has 2 heterocycles. The van der Waals surface area contributed by atoms with Crippen LogP contribution < -0.4 is 0 Å². The minimum absolute atomic E-state index is 0.0527. The number of hydrogen-bond donors (Lipinski definition) is 0. The summed E-state index contributed by atoms with van der Waals surface area (Å²) in [5.74, 6) is 0.483. The number of aryl methyl sites for hydroxylation is 1. The summed E-state index contributed by atoms with van der Waals surface area (Å²) in [5.41, 5.74) is 3.21. The first-order chi connectivity index (χ1) is 17.5. The average Bonchev–Trinajstić information content (AvgIpc) is 3.58. The lowest BCUT2D eigenvalue weighted by Gasteiger charge is -2.06. The lowest BCUT2D eigenvalue weighted by atomic mass is 10.1. The van der Waals surface area contributed by atoms with Gasteiger partial charge in [0.05, 0.1) is 22.2 Å². The van der Waals surface area contributed by atoms with Gasteiger partial charge >= 0.3 is 5.97 Å². The molecule has 0 bridgehead atoms. The molecule has 10 heteroatoms. The molecule has 36 heavy (non-hydrogen) atoms. The Morgan fingerprint density at radius 2 is 1.64 bits per heavy atom.